The normalized spacial score (nSPS) is 25.8. The summed E-state index contributed by atoms with van der Waals surface area (Å²) in [4.78, 5) is 14.2. The second-order valence-corrected chi connectivity index (χ2v) is 5.52. The molecule has 0 bridgehead atoms. The van der Waals surface area contributed by atoms with Gasteiger partial charge in [-0.25, -0.2) is 0 Å². The minimum absolute atomic E-state index is 0.143. The fourth-order valence-corrected chi connectivity index (χ4v) is 2.45. The molecule has 1 amide bonds. The van der Waals surface area contributed by atoms with Crippen LogP contribution in [0.15, 0.2) is 0 Å². The van der Waals surface area contributed by atoms with Crippen LogP contribution in [0.5, 0.6) is 0 Å². The van der Waals surface area contributed by atoms with Crippen LogP contribution in [0.2, 0.25) is 0 Å². The van der Waals surface area contributed by atoms with Crippen molar-refractivity contribution >= 4 is 5.91 Å². The zero-order chi connectivity index (χ0) is 11.5. The molecule has 2 rings (SSSR count). The van der Waals surface area contributed by atoms with Gasteiger partial charge >= 0.3 is 0 Å². The van der Waals surface area contributed by atoms with E-state index in [9.17, 15) is 4.79 Å². The van der Waals surface area contributed by atoms with Gasteiger partial charge < -0.3 is 10.2 Å². The van der Waals surface area contributed by atoms with E-state index in [-0.39, 0.29) is 5.92 Å². The SMILES string of the molecule is CC(C)C(=O)N(CC1CCCCN1)C1CC1. The molecule has 1 saturated heterocycles. The number of carbonyl (C=O) groups is 1. The first-order valence-electron chi connectivity index (χ1n) is 6.72. The van der Waals surface area contributed by atoms with Gasteiger partial charge in [-0.05, 0) is 32.2 Å². The Balaban J connectivity index is 1.89. The van der Waals surface area contributed by atoms with Gasteiger partial charge in [0.15, 0.2) is 0 Å². The van der Waals surface area contributed by atoms with Crippen molar-refractivity contribution < 1.29 is 4.79 Å². The second kappa shape index (κ2) is 5.17. The standard InChI is InChI=1S/C13H24N2O/c1-10(2)13(16)15(12-6-7-12)9-11-5-3-4-8-14-11/h10-12,14H,3-9H2,1-2H3. The Hall–Kier alpha value is -0.570. The monoisotopic (exact) mass is 224 g/mol. The molecule has 0 aromatic carbocycles. The van der Waals surface area contributed by atoms with Gasteiger partial charge in [0.1, 0.15) is 0 Å². The lowest BCUT2D eigenvalue weighted by Gasteiger charge is -2.31. The first-order valence-corrected chi connectivity index (χ1v) is 6.72. The van der Waals surface area contributed by atoms with Crippen molar-refractivity contribution in [3.05, 3.63) is 0 Å². The van der Waals surface area contributed by atoms with E-state index in [2.05, 4.69) is 10.2 Å². The summed E-state index contributed by atoms with van der Waals surface area (Å²) >= 11 is 0. The second-order valence-electron chi connectivity index (χ2n) is 5.52. The summed E-state index contributed by atoms with van der Waals surface area (Å²) in [6, 6.07) is 1.09. The van der Waals surface area contributed by atoms with E-state index >= 15 is 0 Å². The van der Waals surface area contributed by atoms with Gasteiger partial charge in [-0.15, -0.1) is 0 Å². The molecule has 1 atom stereocenters. The van der Waals surface area contributed by atoms with Gasteiger partial charge in [0.25, 0.3) is 0 Å². The highest BCUT2D eigenvalue weighted by Gasteiger charge is 2.34. The Labute approximate surface area is 98.6 Å². The Kier molecular flexibility index (Phi) is 3.85. The average molecular weight is 224 g/mol. The summed E-state index contributed by atoms with van der Waals surface area (Å²) in [5, 5.41) is 3.53. The van der Waals surface area contributed by atoms with E-state index in [0.717, 1.165) is 13.1 Å². The molecule has 92 valence electrons. The quantitative estimate of drug-likeness (QED) is 0.789. The van der Waals surface area contributed by atoms with Crippen LogP contribution in [0, 0.1) is 5.92 Å². The number of rotatable bonds is 4. The molecule has 0 spiro atoms. The molecule has 1 N–H and O–H groups in total. The molecule has 1 saturated carbocycles. The highest BCUT2D eigenvalue weighted by molar-refractivity contribution is 5.78. The molecule has 3 heteroatoms. The van der Waals surface area contributed by atoms with Crippen LogP contribution in [-0.2, 0) is 4.79 Å². The molecule has 0 radical (unpaired) electrons. The van der Waals surface area contributed by atoms with Gasteiger partial charge in [0.2, 0.25) is 5.91 Å². The molecule has 2 fully saturated rings. The van der Waals surface area contributed by atoms with Gasteiger partial charge in [0, 0.05) is 24.5 Å². The predicted octanol–water partition coefficient (Wildman–Crippen LogP) is 1.78. The Bertz CT molecular complexity index is 242. The number of carbonyl (C=O) groups excluding carboxylic acids is 1. The molecule has 3 nitrogen and oxygen atoms in total. The van der Waals surface area contributed by atoms with Crippen molar-refractivity contribution in [2.75, 3.05) is 13.1 Å². The molecule has 0 aromatic rings. The third-order valence-electron chi connectivity index (χ3n) is 3.59. The van der Waals surface area contributed by atoms with Crippen LogP contribution in [-0.4, -0.2) is 36.0 Å². The number of amides is 1. The van der Waals surface area contributed by atoms with Crippen LogP contribution in [0.25, 0.3) is 0 Å². The number of hydrogen-bond acceptors (Lipinski definition) is 2. The Morgan fingerprint density at radius 3 is 2.56 bits per heavy atom. The Morgan fingerprint density at radius 2 is 2.06 bits per heavy atom. The number of nitrogens with one attached hydrogen (secondary N) is 1. The molecule has 1 aliphatic carbocycles. The van der Waals surface area contributed by atoms with Gasteiger partial charge in [-0.2, -0.15) is 0 Å². The highest BCUT2D eigenvalue weighted by Crippen LogP contribution is 2.28. The first kappa shape index (κ1) is 11.9. The number of nitrogens with zero attached hydrogens (tertiary/aromatic N) is 1. The lowest BCUT2D eigenvalue weighted by atomic mass is 10.0. The topological polar surface area (TPSA) is 32.3 Å². The van der Waals surface area contributed by atoms with Crippen molar-refractivity contribution in [1.29, 1.82) is 0 Å². The zero-order valence-corrected chi connectivity index (χ0v) is 10.5. The van der Waals surface area contributed by atoms with E-state index in [4.69, 9.17) is 0 Å². The third kappa shape index (κ3) is 2.97. The lowest BCUT2D eigenvalue weighted by Crippen LogP contribution is -2.47. The Morgan fingerprint density at radius 1 is 1.31 bits per heavy atom. The van der Waals surface area contributed by atoms with Gasteiger partial charge in [-0.3, -0.25) is 4.79 Å². The summed E-state index contributed by atoms with van der Waals surface area (Å²) in [5.74, 6) is 0.485. The van der Waals surface area contributed by atoms with E-state index in [1.807, 2.05) is 13.8 Å². The van der Waals surface area contributed by atoms with Crippen molar-refractivity contribution in [2.45, 2.75) is 58.0 Å². The maximum Gasteiger partial charge on any atom is 0.225 e. The smallest absolute Gasteiger partial charge is 0.225 e. The minimum Gasteiger partial charge on any atom is -0.338 e. The molecular formula is C13H24N2O. The van der Waals surface area contributed by atoms with E-state index < -0.39 is 0 Å². The van der Waals surface area contributed by atoms with Crippen LogP contribution in [0.1, 0.15) is 46.0 Å². The maximum atomic E-state index is 12.1. The zero-order valence-electron chi connectivity index (χ0n) is 10.5. The summed E-state index contributed by atoms with van der Waals surface area (Å²) in [6.45, 7) is 6.07. The molecule has 1 aliphatic heterocycles. The van der Waals surface area contributed by atoms with Crippen molar-refractivity contribution in [3.63, 3.8) is 0 Å². The third-order valence-corrected chi connectivity index (χ3v) is 3.59. The molecule has 16 heavy (non-hydrogen) atoms. The van der Waals surface area contributed by atoms with E-state index in [1.54, 1.807) is 0 Å². The maximum absolute atomic E-state index is 12.1. The van der Waals surface area contributed by atoms with Gasteiger partial charge in [-0.1, -0.05) is 20.3 Å². The van der Waals surface area contributed by atoms with Crippen molar-refractivity contribution in [1.82, 2.24) is 10.2 Å². The van der Waals surface area contributed by atoms with Crippen molar-refractivity contribution in [3.8, 4) is 0 Å². The highest BCUT2D eigenvalue weighted by atomic mass is 16.2. The molecule has 1 unspecified atom stereocenters. The van der Waals surface area contributed by atoms with E-state index in [1.165, 1.54) is 32.1 Å². The van der Waals surface area contributed by atoms with Crippen LogP contribution in [0.3, 0.4) is 0 Å². The van der Waals surface area contributed by atoms with Crippen LogP contribution < -0.4 is 5.32 Å². The number of hydrogen-bond donors (Lipinski definition) is 1. The molecule has 1 heterocycles. The average Bonchev–Trinajstić information content (AvgIpc) is 3.10. The predicted molar refractivity (Wildman–Crippen MR) is 65.2 cm³/mol. The fourth-order valence-electron chi connectivity index (χ4n) is 2.45. The van der Waals surface area contributed by atoms with Crippen molar-refractivity contribution in [2.24, 2.45) is 5.92 Å². The molecular weight excluding hydrogens is 200 g/mol. The first-order chi connectivity index (χ1) is 7.68. The minimum atomic E-state index is 0.143. The van der Waals surface area contributed by atoms with Crippen LogP contribution in [0.4, 0.5) is 0 Å². The largest absolute Gasteiger partial charge is 0.338 e. The summed E-state index contributed by atoms with van der Waals surface area (Å²) in [5.41, 5.74) is 0. The molecule has 0 aromatic heterocycles. The fraction of sp³-hybridized carbons (Fsp3) is 0.923. The molecule has 2 aliphatic rings. The van der Waals surface area contributed by atoms with E-state index in [0.29, 0.717) is 18.0 Å². The number of piperidine rings is 1. The summed E-state index contributed by atoms with van der Waals surface area (Å²) in [6.07, 6.45) is 6.26. The van der Waals surface area contributed by atoms with Crippen LogP contribution >= 0.6 is 0 Å². The summed E-state index contributed by atoms with van der Waals surface area (Å²) < 4.78 is 0. The van der Waals surface area contributed by atoms with Gasteiger partial charge in [0.05, 0.1) is 0 Å². The summed E-state index contributed by atoms with van der Waals surface area (Å²) in [7, 11) is 0. The lowest BCUT2D eigenvalue weighted by molar-refractivity contribution is -0.135.